The second-order valence-corrected chi connectivity index (χ2v) is 11.8. The van der Waals surface area contributed by atoms with Crippen molar-refractivity contribution in [3.05, 3.63) is 129 Å². The molecule has 0 spiro atoms. The Morgan fingerprint density at radius 2 is 1.54 bits per heavy atom. The molecule has 9 nitrogen and oxygen atoms in total. The van der Waals surface area contributed by atoms with Crippen molar-refractivity contribution in [3.8, 4) is 0 Å². The molecule has 0 bridgehead atoms. The predicted octanol–water partition coefficient (Wildman–Crippen LogP) is 6.53. The van der Waals surface area contributed by atoms with E-state index in [9.17, 15) is 27.4 Å². The molecule has 0 aromatic heterocycles. The van der Waals surface area contributed by atoms with Crippen LogP contribution in [0.4, 0.5) is 15.8 Å². The number of halogens is 1. The van der Waals surface area contributed by atoms with E-state index < -0.39 is 21.7 Å². The molecule has 0 saturated carbocycles. The number of carbonyl (C=O) groups excluding carboxylic acids is 1. The lowest BCUT2D eigenvalue weighted by Crippen LogP contribution is -2.30. The van der Waals surface area contributed by atoms with Crippen molar-refractivity contribution >= 4 is 39.1 Å². The van der Waals surface area contributed by atoms with Gasteiger partial charge in [0.2, 0.25) is 0 Å². The molecule has 4 rings (SSSR count). The minimum atomic E-state index is -4.18. The number of thioether (sulfide) groups is 1. The van der Waals surface area contributed by atoms with E-state index in [0.29, 0.717) is 25.2 Å². The van der Waals surface area contributed by atoms with Crippen molar-refractivity contribution < 1.29 is 17.6 Å². The maximum atomic E-state index is 13.8. The summed E-state index contributed by atoms with van der Waals surface area (Å²) in [5, 5.41) is 5.51. The predicted molar refractivity (Wildman–Crippen MR) is 156 cm³/mol. The van der Waals surface area contributed by atoms with Crippen molar-refractivity contribution in [2.45, 2.75) is 22.9 Å². The zero-order chi connectivity index (χ0) is 29.2. The fourth-order valence-electron chi connectivity index (χ4n) is 3.98. The third kappa shape index (κ3) is 8.37. The van der Waals surface area contributed by atoms with E-state index in [0.717, 1.165) is 16.2 Å². The third-order valence-corrected chi connectivity index (χ3v) is 8.35. The second-order valence-electron chi connectivity index (χ2n) is 8.97. The summed E-state index contributed by atoms with van der Waals surface area (Å²) in [7, 11) is -4.18. The number of nitroso groups, excluding NO2 is 2. The number of hydrogen-bond acceptors (Lipinski definition) is 9. The van der Waals surface area contributed by atoms with Gasteiger partial charge in [-0.25, -0.2) is 17.5 Å². The molecule has 0 aliphatic carbocycles. The van der Waals surface area contributed by atoms with Gasteiger partial charge in [0.25, 0.3) is 15.9 Å². The van der Waals surface area contributed by atoms with E-state index in [1.54, 1.807) is 30.0 Å². The SMILES string of the molecule is O=Nc1cccc(C(=O)NS(=O)(=O)c2ccc(CN(CCSc3ccccc3)Cc3ccc(F)c(N=O)c3)cc2)c1. The molecule has 41 heavy (non-hydrogen) atoms. The Morgan fingerprint density at radius 1 is 0.829 bits per heavy atom. The summed E-state index contributed by atoms with van der Waals surface area (Å²) in [6.07, 6.45) is 0. The van der Waals surface area contributed by atoms with Crippen LogP contribution in [-0.2, 0) is 23.1 Å². The Labute approximate surface area is 240 Å². The first-order valence-corrected chi connectivity index (χ1v) is 14.9. The Kier molecular flexibility index (Phi) is 10.1. The highest BCUT2D eigenvalue weighted by molar-refractivity contribution is 7.99. The molecule has 4 aromatic rings. The average Bonchev–Trinajstić information content (AvgIpc) is 2.98. The summed E-state index contributed by atoms with van der Waals surface area (Å²) in [4.78, 5) is 37.3. The first kappa shape index (κ1) is 29.7. The number of benzene rings is 4. The lowest BCUT2D eigenvalue weighted by atomic mass is 10.1. The van der Waals surface area contributed by atoms with Crippen LogP contribution < -0.4 is 4.72 Å². The van der Waals surface area contributed by atoms with E-state index in [1.807, 2.05) is 35.1 Å². The van der Waals surface area contributed by atoms with Crippen LogP contribution in [0.2, 0.25) is 0 Å². The number of carbonyl (C=O) groups is 1. The van der Waals surface area contributed by atoms with Crippen LogP contribution >= 0.6 is 11.8 Å². The normalized spacial score (nSPS) is 11.3. The topological polar surface area (TPSA) is 125 Å². The number of nitrogens with zero attached hydrogens (tertiary/aromatic N) is 3. The number of sulfonamides is 1. The minimum absolute atomic E-state index is 0.00501. The van der Waals surface area contributed by atoms with Gasteiger partial charge in [-0.05, 0) is 76.1 Å². The van der Waals surface area contributed by atoms with Gasteiger partial charge in [0.05, 0.1) is 4.90 Å². The van der Waals surface area contributed by atoms with Gasteiger partial charge >= 0.3 is 0 Å². The Balaban J connectivity index is 1.46. The molecule has 12 heteroatoms. The summed E-state index contributed by atoms with van der Waals surface area (Å²) < 4.78 is 41.4. The molecule has 0 radical (unpaired) electrons. The molecule has 0 atom stereocenters. The molecule has 0 unspecified atom stereocenters. The van der Waals surface area contributed by atoms with Gasteiger partial charge < -0.3 is 0 Å². The fourth-order valence-corrected chi connectivity index (χ4v) is 5.89. The van der Waals surface area contributed by atoms with Crippen LogP contribution in [0.15, 0.2) is 117 Å². The second kappa shape index (κ2) is 13.9. The molecule has 0 heterocycles. The first-order valence-electron chi connectivity index (χ1n) is 12.4. The summed E-state index contributed by atoms with van der Waals surface area (Å²) in [6, 6.07) is 25.6. The average molecular weight is 593 g/mol. The van der Waals surface area contributed by atoms with E-state index in [1.165, 1.54) is 48.5 Å². The van der Waals surface area contributed by atoms with E-state index in [4.69, 9.17) is 0 Å². The van der Waals surface area contributed by atoms with Gasteiger partial charge in [0.1, 0.15) is 11.4 Å². The molecular formula is C29H25FN4O5S2. The van der Waals surface area contributed by atoms with Gasteiger partial charge in [-0.1, -0.05) is 42.5 Å². The van der Waals surface area contributed by atoms with Crippen LogP contribution in [-0.4, -0.2) is 31.5 Å². The Hall–Kier alpha value is -4.26. The van der Waals surface area contributed by atoms with Crippen molar-refractivity contribution in [3.63, 3.8) is 0 Å². The van der Waals surface area contributed by atoms with Crippen LogP contribution in [0, 0.1) is 15.6 Å². The highest BCUT2D eigenvalue weighted by atomic mass is 32.2. The van der Waals surface area contributed by atoms with Gasteiger partial charge in [-0.15, -0.1) is 21.6 Å². The standard InChI is InChI=1S/C29H25FN4O5S2/c30-27-14-11-22(17-28(27)32-37)20-34(15-16-40-25-7-2-1-3-8-25)19-21-9-12-26(13-10-21)41(38,39)33-29(35)23-5-4-6-24(18-23)31-36/h1-14,17-18H,15-16,19-20H2,(H,33,35). The van der Waals surface area contributed by atoms with Crippen molar-refractivity contribution in [1.29, 1.82) is 0 Å². The smallest absolute Gasteiger partial charge is 0.265 e. The van der Waals surface area contributed by atoms with Crippen LogP contribution in [0.25, 0.3) is 0 Å². The maximum absolute atomic E-state index is 13.8. The van der Waals surface area contributed by atoms with Crippen molar-refractivity contribution in [1.82, 2.24) is 9.62 Å². The highest BCUT2D eigenvalue weighted by Gasteiger charge is 2.19. The van der Waals surface area contributed by atoms with Gasteiger partial charge in [-0.3, -0.25) is 9.69 Å². The monoisotopic (exact) mass is 592 g/mol. The van der Waals surface area contributed by atoms with E-state index in [2.05, 4.69) is 15.3 Å². The first-order chi connectivity index (χ1) is 19.8. The van der Waals surface area contributed by atoms with Crippen molar-refractivity contribution in [2.24, 2.45) is 10.4 Å². The Morgan fingerprint density at radius 3 is 2.24 bits per heavy atom. The zero-order valence-electron chi connectivity index (χ0n) is 21.6. The minimum Gasteiger partial charge on any atom is -0.294 e. The summed E-state index contributed by atoms with van der Waals surface area (Å²) >= 11 is 1.68. The summed E-state index contributed by atoms with van der Waals surface area (Å²) in [5.41, 5.74) is 1.25. The molecule has 4 aromatic carbocycles. The lowest BCUT2D eigenvalue weighted by molar-refractivity contribution is 0.0981. The van der Waals surface area contributed by atoms with E-state index in [-0.39, 0.29) is 21.8 Å². The zero-order valence-corrected chi connectivity index (χ0v) is 23.3. The maximum Gasteiger partial charge on any atom is 0.265 e. The van der Waals surface area contributed by atoms with Gasteiger partial charge in [0.15, 0.2) is 5.82 Å². The van der Waals surface area contributed by atoms with E-state index >= 15 is 0 Å². The number of rotatable bonds is 13. The highest BCUT2D eigenvalue weighted by Crippen LogP contribution is 2.23. The summed E-state index contributed by atoms with van der Waals surface area (Å²) in [6.45, 7) is 1.49. The van der Waals surface area contributed by atoms with Gasteiger partial charge in [-0.2, -0.15) is 0 Å². The van der Waals surface area contributed by atoms with Crippen LogP contribution in [0.1, 0.15) is 21.5 Å². The molecule has 1 amide bonds. The number of amides is 1. The molecule has 1 N–H and O–H groups in total. The summed E-state index contributed by atoms with van der Waals surface area (Å²) in [5.74, 6) is -0.819. The largest absolute Gasteiger partial charge is 0.294 e. The van der Waals surface area contributed by atoms with Crippen LogP contribution in [0.5, 0.6) is 0 Å². The van der Waals surface area contributed by atoms with Crippen molar-refractivity contribution in [2.75, 3.05) is 12.3 Å². The molecular weight excluding hydrogens is 567 g/mol. The van der Waals surface area contributed by atoms with Crippen LogP contribution in [0.3, 0.4) is 0 Å². The third-order valence-electron chi connectivity index (χ3n) is 6.02. The number of hydrogen-bond donors (Lipinski definition) is 1. The molecule has 0 aliphatic rings. The van der Waals surface area contributed by atoms with Gasteiger partial charge in [0, 0.05) is 35.8 Å². The number of nitrogens with one attached hydrogen (secondary N) is 1. The molecule has 0 fully saturated rings. The lowest BCUT2D eigenvalue weighted by Gasteiger charge is -2.23. The molecule has 210 valence electrons. The molecule has 0 saturated heterocycles. The molecule has 0 aliphatic heterocycles. The fraction of sp³-hybridized carbons (Fsp3) is 0.138. The quantitative estimate of drug-likeness (QED) is 0.138. The Bertz CT molecular complexity index is 1640.